The molecule has 1 rings (SSSR count). The Kier molecular flexibility index (Phi) is 5.56. The molecule has 0 bridgehead atoms. The van der Waals surface area contributed by atoms with Crippen molar-refractivity contribution in [3.05, 3.63) is 35.4 Å². The molecule has 0 saturated heterocycles. The molecule has 17 heavy (non-hydrogen) atoms. The Morgan fingerprint density at radius 3 is 2.65 bits per heavy atom. The molecule has 96 valence electrons. The van der Waals surface area contributed by atoms with Crippen LogP contribution in [-0.2, 0) is 6.42 Å². The maximum Gasteiger partial charge on any atom is 0.162 e. The van der Waals surface area contributed by atoms with Gasteiger partial charge in [0.1, 0.15) is 0 Å². The van der Waals surface area contributed by atoms with Crippen molar-refractivity contribution in [1.82, 2.24) is 0 Å². The fourth-order valence-electron chi connectivity index (χ4n) is 2.20. The second-order valence-electron chi connectivity index (χ2n) is 4.81. The van der Waals surface area contributed by atoms with Gasteiger partial charge < -0.3 is 5.73 Å². The first-order valence-electron chi connectivity index (χ1n) is 6.23. The highest BCUT2D eigenvalue weighted by Gasteiger charge is 2.13. The van der Waals surface area contributed by atoms with Gasteiger partial charge in [0.25, 0.3) is 0 Å². The number of hydrogen-bond acceptors (Lipinski definition) is 1. The SMILES string of the molecule is CCCC(C)CC(N)Cc1cccc(F)c1F. The first-order chi connectivity index (χ1) is 8.04. The molecule has 0 aliphatic heterocycles. The van der Waals surface area contributed by atoms with Gasteiger partial charge in [0.2, 0.25) is 0 Å². The summed E-state index contributed by atoms with van der Waals surface area (Å²) in [6.45, 7) is 4.28. The van der Waals surface area contributed by atoms with Gasteiger partial charge in [-0.1, -0.05) is 38.8 Å². The Morgan fingerprint density at radius 1 is 1.29 bits per heavy atom. The smallest absolute Gasteiger partial charge is 0.162 e. The summed E-state index contributed by atoms with van der Waals surface area (Å²) in [6, 6.07) is 4.15. The summed E-state index contributed by atoms with van der Waals surface area (Å²) in [5.74, 6) is -1.02. The van der Waals surface area contributed by atoms with Crippen LogP contribution in [0.15, 0.2) is 18.2 Å². The molecule has 0 aliphatic rings. The number of nitrogens with two attached hydrogens (primary N) is 1. The summed E-state index contributed by atoms with van der Waals surface area (Å²) in [4.78, 5) is 0. The third-order valence-electron chi connectivity index (χ3n) is 3.00. The standard InChI is InChI=1S/C14H21F2N/c1-3-5-10(2)8-12(17)9-11-6-4-7-13(15)14(11)16/h4,6-7,10,12H,3,5,8-9,17H2,1-2H3. The third kappa shape index (κ3) is 4.43. The molecule has 0 saturated carbocycles. The Hall–Kier alpha value is -0.960. The predicted octanol–water partition coefficient (Wildman–Crippen LogP) is 3.66. The molecule has 1 aromatic rings. The lowest BCUT2D eigenvalue weighted by Crippen LogP contribution is -2.26. The van der Waals surface area contributed by atoms with E-state index >= 15 is 0 Å². The Morgan fingerprint density at radius 2 is 2.00 bits per heavy atom. The first-order valence-corrected chi connectivity index (χ1v) is 6.23. The van der Waals surface area contributed by atoms with E-state index in [4.69, 9.17) is 5.73 Å². The molecule has 1 nitrogen and oxygen atoms in total. The van der Waals surface area contributed by atoms with Crippen LogP contribution in [0.5, 0.6) is 0 Å². The van der Waals surface area contributed by atoms with Crippen LogP contribution in [0.25, 0.3) is 0 Å². The van der Waals surface area contributed by atoms with Crippen molar-refractivity contribution >= 4 is 0 Å². The molecule has 2 N–H and O–H groups in total. The number of rotatable bonds is 6. The topological polar surface area (TPSA) is 26.0 Å². The van der Waals surface area contributed by atoms with E-state index in [0.29, 0.717) is 17.9 Å². The van der Waals surface area contributed by atoms with Crippen molar-refractivity contribution < 1.29 is 8.78 Å². The molecule has 3 heteroatoms. The molecule has 0 fully saturated rings. The zero-order valence-corrected chi connectivity index (χ0v) is 10.5. The van der Waals surface area contributed by atoms with Crippen LogP contribution in [0.2, 0.25) is 0 Å². The van der Waals surface area contributed by atoms with E-state index in [0.717, 1.165) is 25.3 Å². The van der Waals surface area contributed by atoms with E-state index in [2.05, 4.69) is 13.8 Å². The van der Waals surface area contributed by atoms with Gasteiger partial charge >= 0.3 is 0 Å². The van der Waals surface area contributed by atoms with Crippen molar-refractivity contribution in [3.8, 4) is 0 Å². The normalized spacial score (nSPS) is 14.6. The van der Waals surface area contributed by atoms with Gasteiger partial charge in [0.05, 0.1) is 0 Å². The summed E-state index contributed by atoms with van der Waals surface area (Å²) < 4.78 is 26.4. The molecule has 1 aromatic carbocycles. The highest BCUT2D eigenvalue weighted by atomic mass is 19.2. The molecule has 0 spiro atoms. The quantitative estimate of drug-likeness (QED) is 0.808. The monoisotopic (exact) mass is 241 g/mol. The maximum absolute atomic E-state index is 13.4. The summed E-state index contributed by atoms with van der Waals surface area (Å²) >= 11 is 0. The Balaban J connectivity index is 2.56. The summed E-state index contributed by atoms with van der Waals surface area (Å²) in [5, 5.41) is 0. The maximum atomic E-state index is 13.4. The fourth-order valence-corrected chi connectivity index (χ4v) is 2.20. The van der Waals surface area contributed by atoms with Gasteiger partial charge in [0, 0.05) is 6.04 Å². The second-order valence-corrected chi connectivity index (χ2v) is 4.81. The van der Waals surface area contributed by atoms with Crippen LogP contribution in [-0.4, -0.2) is 6.04 Å². The van der Waals surface area contributed by atoms with Gasteiger partial charge in [0.15, 0.2) is 11.6 Å². The zero-order valence-electron chi connectivity index (χ0n) is 10.5. The predicted molar refractivity (Wildman–Crippen MR) is 66.7 cm³/mol. The lowest BCUT2D eigenvalue weighted by molar-refractivity contribution is 0.424. The van der Waals surface area contributed by atoms with Gasteiger partial charge in [-0.05, 0) is 30.4 Å². The van der Waals surface area contributed by atoms with E-state index in [-0.39, 0.29) is 6.04 Å². The minimum atomic E-state index is -0.795. The van der Waals surface area contributed by atoms with Crippen LogP contribution >= 0.6 is 0 Å². The zero-order chi connectivity index (χ0) is 12.8. The molecule has 2 unspecified atom stereocenters. The molecule has 0 aromatic heterocycles. The van der Waals surface area contributed by atoms with Crippen molar-refractivity contribution in [2.24, 2.45) is 11.7 Å². The average Bonchev–Trinajstić information content (AvgIpc) is 2.25. The summed E-state index contributed by atoms with van der Waals surface area (Å²) in [7, 11) is 0. The fraction of sp³-hybridized carbons (Fsp3) is 0.571. The summed E-state index contributed by atoms with van der Waals surface area (Å²) in [5.41, 5.74) is 6.34. The number of halogens is 2. The number of benzene rings is 1. The van der Waals surface area contributed by atoms with Crippen molar-refractivity contribution in [3.63, 3.8) is 0 Å². The first kappa shape index (κ1) is 14.1. The van der Waals surface area contributed by atoms with Crippen LogP contribution in [0.4, 0.5) is 8.78 Å². The van der Waals surface area contributed by atoms with Crippen molar-refractivity contribution in [2.75, 3.05) is 0 Å². The average molecular weight is 241 g/mol. The van der Waals surface area contributed by atoms with Gasteiger partial charge in [-0.2, -0.15) is 0 Å². The van der Waals surface area contributed by atoms with E-state index in [1.165, 1.54) is 6.07 Å². The molecule has 0 radical (unpaired) electrons. The van der Waals surface area contributed by atoms with E-state index < -0.39 is 11.6 Å². The lowest BCUT2D eigenvalue weighted by atomic mass is 9.94. The summed E-state index contributed by atoms with van der Waals surface area (Å²) in [6.07, 6.45) is 3.50. The van der Waals surface area contributed by atoms with Crippen molar-refractivity contribution in [2.45, 2.75) is 45.6 Å². The molecule has 0 amide bonds. The largest absolute Gasteiger partial charge is 0.327 e. The van der Waals surface area contributed by atoms with Crippen molar-refractivity contribution in [1.29, 1.82) is 0 Å². The van der Waals surface area contributed by atoms with Crippen LogP contribution in [0.1, 0.15) is 38.7 Å². The lowest BCUT2D eigenvalue weighted by Gasteiger charge is -2.17. The third-order valence-corrected chi connectivity index (χ3v) is 3.00. The molecule has 2 atom stereocenters. The van der Waals surface area contributed by atoms with Gasteiger partial charge in [-0.15, -0.1) is 0 Å². The Labute approximate surface area is 102 Å². The number of hydrogen-bond donors (Lipinski definition) is 1. The molecule has 0 aliphatic carbocycles. The Bertz CT molecular complexity index is 352. The highest BCUT2D eigenvalue weighted by molar-refractivity contribution is 5.19. The second kappa shape index (κ2) is 6.70. The minimum absolute atomic E-state index is 0.104. The van der Waals surface area contributed by atoms with Crippen LogP contribution in [0, 0.1) is 17.6 Å². The minimum Gasteiger partial charge on any atom is -0.327 e. The van der Waals surface area contributed by atoms with E-state index in [1.807, 2.05) is 0 Å². The van der Waals surface area contributed by atoms with Crippen LogP contribution in [0.3, 0.4) is 0 Å². The van der Waals surface area contributed by atoms with E-state index in [9.17, 15) is 8.78 Å². The highest BCUT2D eigenvalue weighted by Crippen LogP contribution is 2.17. The van der Waals surface area contributed by atoms with Gasteiger partial charge in [-0.3, -0.25) is 0 Å². The molecular formula is C14H21F2N. The molecular weight excluding hydrogens is 220 g/mol. The molecule has 0 heterocycles. The van der Waals surface area contributed by atoms with Gasteiger partial charge in [-0.25, -0.2) is 8.78 Å². The van der Waals surface area contributed by atoms with Crippen LogP contribution < -0.4 is 5.73 Å². The van der Waals surface area contributed by atoms with E-state index in [1.54, 1.807) is 6.07 Å².